The topological polar surface area (TPSA) is 45.5 Å². The third kappa shape index (κ3) is 5.86. The zero-order chi connectivity index (χ0) is 21.8. The first-order valence-electron chi connectivity index (χ1n) is 9.72. The quantitative estimate of drug-likeness (QED) is 0.362. The Kier molecular flexibility index (Phi) is 7.32. The molecule has 0 bridgehead atoms. The van der Waals surface area contributed by atoms with E-state index < -0.39 is 5.79 Å². The van der Waals surface area contributed by atoms with E-state index in [1.807, 2.05) is 35.0 Å². The second-order valence-corrected chi connectivity index (χ2v) is 9.02. The van der Waals surface area contributed by atoms with E-state index in [9.17, 15) is 0 Å². The van der Waals surface area contributed by atoms with Gasteiger partial charge in [0.1, 0.15) is 12.7 Å². The Morgan fingerprint density at radius 1 is 1.06 bits per heavy atom. The number of imidazole rings is 1. The molecule has 0 N–H and O–H groups in total. The predicted molar refractivity (Wildman–Crippen MR) is 123 cm³/mol. The molecule has 2 aromatic carbocycles. The van der Waals surface area contributed by atoms with Crippen molar-refractivity contribution in [2.75, 3.05) is 13.2 Å². The Labute approximate surface area is 200 Å². The lowest BCUT2D eigenvalue weighted by atomic mass is 10.0. The highest BCUT2D eigenvalue weighted by molar-refractivity contribution is 6.40. The van der Waals surface area contributed by atoms with Crippen LogP contribution in [0.25, 0.3) is 0 Å². The maximum atomic E-state index is 6.36. The van der Waals surface area contributed by atoms with Gasteiger partial charge in [-0.05, 0) is 36.2 Å². The molecular weight excluding hydrogens is 482 g/mol. The van der Waals surface area contributed by atoms with Crippen LogP contribution in [0.2, 0.25) is 20.1 Å². The minimum absolute atomic E-state index is 0.244. The molecule has 1 saturated heterocycles. The number of aromatic nitrogens is 2. The van der Waals surface area contributed by atoms with Gasteiger partial charge in [-0.1, -0.05) is 58.5 Å². The zero-order valence-electron chi connectivity index (χ0n) is 16.4. The maximum Gasteiger partial charge on any atom is 0.187 e. The normalized spacial score (nSPS) is 20.8. The van der Waals surface area contributed by atoms with Crippen LogP contribution in [-0.4, -0.2) is 34.7 Å². The van der Waals surface area contributed by atoms with Gasteiger partial charge in [-0.15, -0.1) is 0 Å². The minimum Gasteiger partial charge on any atom is -0.488 e. The van der Waals surface area contributed by atoms with E-state index in [-0.39, 0.29) is 12.7 Å². The van der Waals surface area contributed by atoms with Gasteiger partial charge in [0.05, 0.1) is 29.5 Å². The van der Waals surface area contributed by atoms with Crippen molar-refractivity contribution < 1.29 is 14.2 Å². The van der Waals surface area contributed by atoms with Crippen molar-refractivity contribution in [2.24, 2.45) is 0 Å². The van der Waals surface area contributed by atoms with Crippen LogP contribution in [0.1, 0.15) is 12.0 Å². The summed E-state index contributed by atoms with van der Waals surface area (Å²) in [5.41, 5.74) is 1.15. The Hall–Kier alpha value is -1.47. The first-order chi connectivity index (χ1) is 14.9. The summed E-state index contributed by atoms with van der Waals surface area (Å²) in [4.78, 5) is 4.12. The molecule has 5 nitrogen and oxygen atoms in total. The molecule has 1 aliphatic rings. The summed E-state index contributed by atoms with van der Waals surface area (Å²) < 4.78 is 20.3. The molecule has 4 rings (SSSR count). The molecule has 1 aliphatic heterocycles. The maximum absolute atomic E-state index is 6.36. The number of hydrogen-bond donors (Lipinski definition) is 0. The average molecular weight is 502 g/mol. The van der Waals surface area contributed by atoms with Crippen LogP contribution >= 0.6 is 46.4 Å². The first-order valence-corrected chi connectivity index (χ1v) is 11.2. The summed E-state index contributed by atoms with van der Waals surface area (Å²) in [6.07, 6.45) is 6.51. The van der Waals surface area contributed by atoms with E-state index in [4.69, 9.17) is 60.6 Å². The largest absolute Gasteiger partial charge is 0.488 e. The van der Waals surface area contributed by atoms with Gasteiger partial charge in [0.2, 0.25) is 0 Å². The van der Waals surface area contributed by atoms with E-state index in [1.54, 1.807) is 24.7 Å². The molecule has 0 aliphatic carbocycles. The molecule has 0 saturated carbocycles. The lowest BCUT2D eigenvalue weighted by Gasteiger charge is -2.28. The Bertz CT molecular complexity index is 991. The van der Waals surface area contributed by atoms with Crippen molar-refractivity contribution in [3.8, 4) is 5.75 Å². The predicted octanol–water partition coefficient (Wildman–Crippen LogP) is 6.32. The van der Waals surface area contributed by atoms with Crippen LogP contribution in [0.5, 0.6) is 5.75 Å². The molecule has 0 radical (unpaired) electrons. The number of halogens is 4. The Balaban J connectivity index is 1.43. The molecule has 3 aromatic rings. The van der Waals surface area contributed by atoms with Gasteiger partial charge in [-0.3, -0.25) is 0 Å². The van der Waals surface area contributed by atoms with Crippen molar-refractivity contribution in [1.29, 1.82) is 0 Å². The summed E-state index contributed by atoms with van der Waals surface area (Å²) in [6.45, 7) is 1.14. The van der Waals surface area contributed by atoms with Crippen molar-refractivity contribution >= 4 is 46.4 Å². The third-order valence-corrected chi connectivity index (χ3v) is 6.01. The fraction of sp³-hybridized carbons (Fsp3) is 0.318. The van der Waals surface area contributed by atoms with E-state index in [1.165, 1.54) is 0 Å². The summed E-state index contributed by atoms with van der Waals surface area (Å²) in [7, 11) is 0. The standard InChI is InChI=1S/C22H20Cl4N2O3/c23-16-3-1-15(2-4-16)5-6-22(13-28-8-7-27-14-28)30-12-18(31-22)11-29-21-19(25)9-17(24)10-20(21)26/h1-4,7-10,14,18H,5-6,11-13H2. The second kappa shape index (κ2) is 9.99. The van der Waals surface area contributed by atoms with Crippen molar-refractivity contribution in [3.63, 3.8) is 0 Å². The van der Waals surface area contributed by atoms with Crippen molar-refractivity contribution in [2.45, 2.75) is 31.3 Å². The molecule has 1 fully saturated rings. The molecule has 9 heteroatoms. The Morgan fingerprint density at radius 2 is 1.81 bits per heavy atom. The smallest absolute Gasteiger partial charge is 0.187 e. The summed E-state index contributed by atoms with van der Waals surface area (Å²) >= 11 is 24.4. The average Bonchev–Trinajstić information content (AvgIpc) is 3.37. The van der Waals surface area contributed by atoms with Crippen molar-refractivity contribution in [1.82, 2.24) is 9.55 Å². The van der Waals surface area contributed by atoms with Crippen LogP contribution < -0.4 is 4.74 Å². The van der Waals surface area contributed by atoms with E-state index in [2.05, 4.69) is 4.98 Å². The van der Waals surface area contributed by atoms with Gasteiger partial charge < -0.3 is 18.8 Å². The van der Waals surface area contributed by atoms with E-state index in [0.29, 0.717) is 45.4 Å². The lowest BCUT2D eigenvalue weighted by Crippen LogP contribution is -2.37. The molecule has 2 unspecified atom stereocenters. The van der Waals surface area contributed by atoms with Gasteiger partial charge in [-0.2, -0.15) is 0 Å². The molecule has 0 spiro atoms. The first kappa shape index (κ1) is 22.7. The van der Waals surface area contributed by atoms with Gasteiger partial charge in [0, 0.05) is 28.9 Å². The summed E-state index contributed by atoms with van der Waals surface area (Å²) in [6, 6.07) is 11.0. The van der Waals surface area contributed by atoms with Crippen LogP contribution in [0.15, 0.2) is 55.1 Å². The van der Waals surface area contributed by atoms with E-state index in [0.717, 1.165) is 12.0 Å². The number of rotatable bonds is 8. The molecule has 164 valence electrons. The number of hydrogen-bond acceptors (Lipinski definition) is 4. The van der Waals surface area contributed by atoms with Crippen LogP contribution in [0.4, 0.5) is 0 Å². The zero-order valence-corrected chi connectivity index (χ0v) is 19.5. The fourth-order valence-corrected chi connectivity index (χ4v) is 4.53. The third-order valence-electron chi connectivity index (χ3n) is 4.98. The van der Waals surface area contributed by atoms with Gasteiger partial charge in [0.25, 0.3) is 0 Å². The summed E-state index contributed by atoms with van der Waals surface area (Å²) in [5, 5.41) is 1.86. The lowest BCUT2D eigenvalue weighted by molar-refractivity contribution is -0.184. The van der Waals surface area contributed by atoms with Crippen LogP contribution in [0.3, 0.4) is 0 Å². The highest BCUT2D eigenvalue weighted by atomic mass is 35.5. The van der Waals surface area contributed by atoms with Crippen LogP contribution in [0, 0.1) is 0 Å². The van der Waals surface area contributed by atoms with Crippen LogP contribution in [-0.2, 0) is 22.4 Å². The monoisotopic (exact) mass is 500 g/mol. The fourth-order valence-electron chi connectivity index (χ4n) is 3.48. The highest BCUT2D eigenvalue weighted by Gasteiger charge is 2.42. The van der Waals surface area contributed by atoms with Gasteiger partial charge in [-0.25, -0.2) is 4.98 Å². The van der Waals surface area contributed by atoms with Crippen molar-refractivity contribution in [3.05, 3.63) is 80.8 Å². The summed E-state index contributed by atoms with van der Waals surface area (Å²) in [5.74, 6) is -0.424. The molecular formula is C22H20Cl4N2O3. The highest BCUT2D eigenvalue weighted by Crippen LogP contribution is 2.37. The van der Waals surface area contributed by atoms with E-state index >= 15 is 0 Å². The number of nitrogens with zero attached hydrogens (tertiary/aromatic N) is 2. The molecule has 0 amide bonds. The number of ether oxygens (including phenoxy) is 3. The Morgan fingerprint density at radius 3 is 2.48 bits per heavy atom. The second-order valence-electron chi connectivity index (χ2n) is 7.33. The SMILES string of the molecule is Clc1ccc(CCC2(Cn3ccnc3)OCC(COc3c(Cl)cc(Cl)cc3Cl)O2)cc1. The molecule has 2 atom stereocenters. The molecule has 2 heterocycles. The number of aryl methyl sites for hydroxylation is 1. The molecule has 1 aromatic heterocycles. The number of benzene rings is 2. The van der Waals surface area contributed by atoms with Gasteiger partial charge >= 0.3 is 0 Å². The minimum atomic E-state index is -0.804. The molecule has 31 heavy (non-hydrogen) atoms. The van der Waals surface area contributed by atoms with Gasteiger partial charge in [0.15, 0.2) is 11.5 Å².